The Bertz CT molecular complexity index is 211. The van der Waals surface area contributed by atoms with E-state index in [1.54, 1.807) is 0 Å². The van der Waals surface area contributed by atoms with Gasteiger partial charge in [-0.15, -0.1) is 11.8 Å². The highest BCUT2D eigenvalue weighted by atomic mass is 32.2. The molecule has 0 heterocycles. The Morgan fingerprint density at radius 1 is 1.43 bits per heavy atom. The third-order valence-corrected chi connectivity index (χ3v) is 3.20. The average molecular weight is 212 g/mol. The van der Waals surface area contributed by atoms with Gasteiger partial charge in [-0.3, -0.25) is 0 Å². The normalized spacial score (nSPS) is 13.1. The fraction of sp³-hybridized carbons (Fsp3) is 0.692. The first-order chi connectivity index (χ1) is 6.41. The summed E-state index contributed by atoms with van der Waals surface area (Å²) in [7, 11) is 0. The van der Waals surface area contributed by atoms with Gasteiger partial charge in [0.15, 0.2) is 0 Å². The molecule has 0 saturated carbocycles. The molecule has 0 rings (SSSR count). The minimum Gasteiger partial charge on any atom is -0.100 e. The molecule has 0 aromatic carbocycles. The minimum atomic E-state index is 0.430. The molecule has 14 heavy (non-hydrogen) atoms. The molecule has 0 fully saturated rings. The van der Waals surface area contributed by atoms with Crippen LogP contribution in [0.15, 0.2) is 22.5 Å². The van der Waals surface area contributed by atoms with Crippen molar-refractivity contribution in [2.24, 2.45) is 5.41 Å². The SMILES string of the molecule is C=C(C)S/C(=C\C)CC(C)(C)CCC. The molecule has 0 N–H and O–H groups in total. The maximum atomic E-state index is 3.94. The zero-order valence-corrected chi connectivity index (χ0v) is 11.1. The van der Waals surface area contributed by atoms with Crippen LogP contribution in [0.2, 0.25) is 0 Å². The second kappa shape index (κ2) is 6.34. The zero-order valence-electron chi connectivity index (χ0n) is 10.3. The van der Waals surface area contributed by atoms with Crippen molar-refractivity contribution in [2.75, 3.05) is 0 Å². The molecule has 0 atom stereocenters. The van der Waals surface area contributed by atoms with E-state index in [1.165, 1.54) is 29.1 Å². The van der Waals surface area contributed by atoms with Crippen molar-refractivity contribution in [2.45, 2.75) is 53.9 Å². The quantitative estimate of drug-likeness (QED) is 0.570. The van der Waals surface area contributed by atoms with E-state index < -0.39 is 0 Å². The standard InChI is InChI=1S/C13H24S/c1-7-9-13(5,6)10-12(8-2)14-11(3)4/h8H,3,7,9-10H2,1-2,4-6H3/b12-8-. The minimum absolute atomic E-state index is 0.430. The summed E-state index contributed by atoms with van der Waals surface area (Å²) < 4.78 is 0. The van der Waals surface area contributed by atoms with Crippen LogP contribution in [0.3, 0.4) is 0 Å². The van der Waals surface area contributed by atoms with Gasteiger partial charge in [-0.2, -0.15) is 0 Å². The van der Waals surface area contributed by atoms with Crippen molar-refractivity contribution >= 4 is 11.8 Å². The summed E-state index contributed by atoms with van der Waals surface area (Å²) in [6.07, 6.45) is 5.95. The molecule has 0 bridgehead atoms. The van der Waals surface area contributed by atoms with Gasteiger partial charge in [-0.05, 0) is 41.9 Å². The topological polar surface area (TPSA) is 0 Å². The lowest BCUT2D eigenvalue weighted by atomic mass is 9.84. The van der Waals surface area contributed by atoms with Gasteiger partial charge in [-0.25, -0.2) is 0 Å². The van der Waals surface area contributed by atoms with E-state index in [-0.39, 0.29) is 0 Å². The first kappa shape index (κ1) is 13.8. The molecule has 1 heteroatoms. The fourth-order valence-corrected chi connectivity index (χ4v) is 2.69. The summed E-state index contributed by atoms with van der Waals surface area (Å²) in [5.41, 5.74) is 0.430. The third-order valence-electron chi connectivity index (χ3n) is 2.21. The molecule has 0 amide bonds. The largest absolute Gasteiger partial charge is 0.100 e. The number of hydrogen-bond donors (Lipinski definition) is 0. The van der Waals surface area contributed by atoms with Crippen molar-refractivity contribution in [1.82, 2.24) is 0 Å². The molecule has 0 spiro atoms. The van der Waals surface area contributed by atoms with Gasteiger partial charge in [0.05, 0.1) is 0 Å². The van der Waals surface area contributed by atoms with Gasteiger partial charge < -0.3 is 0 Å². The molecule has 0 radical (unpaired) electrons. The Morgan fingerprint density at radius 3 is 2.36 bits per heavy atom. The zero-order chi connectivity index (χ0) is 11.2. The van der Waals surface area contributed by atoms with Crippen LogP contribution in [0.4, 0.5) is 0 Å². The molecule has 0 unspecified atom stereocenters. The van der Waals surface area contributed by atoms with Crippen LogP contribution in [-0.2, 0) is 0 Å². The molecule has 82 valence electrons. The Kier molecular flexibility index (Phi) is 6.26. The summed E-state index contributed by atoms with van der Waals surface area (Å²) >= 11 is 1.82. The van der Waals surface area contributed by atoms with E-state index in [2.05, 4.69) is 47.3 Å². The molecular weight excluding hydrogens is 188 g/mol. The van der Waals surface area contributed by atoms with Crippen LogP contribution < -0.4 is 0 Å². The Balaban J connectivity index is 4.24. The second-order valence-electron chi connectivity index (χ2n) is 4.65. The number of rotatable bonds is 6. The summed E-state index contributed by atoms with van der Waals surface area (Å²) in [6.45, 7) is 15.1. The Hall–Kier alpha value is -0.170. The fourth-order valence-electron chi connectivity index (χ4n) is 1.66. The summed E-state index contributed by atoms with van der Waals surface area (Å²) in [5.74, 6) is 0. The van der Waals surface area contributed by atoms with Gasteiger partial charge in [0, 0.05) is 0 Å². The lowest BCUT2D eigenvalue weighted by Gasteiger charge is -2.25. The summed E-state index contributed by atoms with van der Waals surface area (Å²) in [4.78, 5) is 2.64. The lowest BCUT2D eigenvalue weighted by molar-refractivity contribution is 0.333. The molecule has 0 aliphatic rings. The molecule has 0 saturated heterocycles. The van der Waals surface area contributed by atoms with E-state index in [0.29, 0.717) is 5.41 Å². The van der Waals surface area contributed by atoms with E-state index >= 15 is 0 Å². The van der Waals surface area contributed by atoms with Crippen LogP contribution in [0.1, 0.15) is 53.9 Å². The predicted octanol–water partition coefficient (Wildman–Crippen LogP) is 5.37. The lowest BCUT2D eigenvalue weighted by Crippen LogP contribution is -2.11. The average Bonchev–Trinajstić information content (AvgIpc) is 2.01. The van der Waals surface area contributed by atoms with Crippen LogP contribution in [0.5, 0.6) is 0 Å². The summed E-state index contributed by atoms with van der Waals surface area (Å²) in [6, 6.07) is 0. The predicted molar refractivity (Wildman–Crippen MR) is 69.5 cm³/mol. The number of thioether (sulfide) groups is 1. The summed E-state index contributed by atoms with van der Waals surface area (Å²) in [5, 5.41) is 0. The van der Waals surface area contributed by atoms with Crippen LogP contribution in [-0.4, -0.2) is 0 Å². The molecule has 0 nitrogen and oxygen atoms in total. The van der Waals surface area contributed by atoms with Crippen LogP contribution in [0, 0.1) is 5.41 Å². The maximum Gasteiger partial charge on any atom is -0.0143 e. The van der Waals surface area contributed by atoms with Crippen LogP contribution >= 0.6 is 11.8 Å². The first-order valence-electron chi connectivity index (χ1n) is 5.40. The molecule has 0 aromatic heterocycles. The maximum absolute atomic E-state index is 3.94. The highest BCUT2D eigenvalue weighted by Crippen LogP contribution is 2.37. The van der Waals surface area contributed by atoms with Crippen LogP contribution in [0.25, 0.3) is 0 Å². The van der Waals surface area contributed by atoms with Gasteiger partial charge in [0.25, 0.3) is 0 Å². The molecule has 0 aliphatic heterocycles. The van der Waals surface area contributed by atoms with Gasteiger partial charge >= 0.3 is 0 Å². The highest BCUT2D eigenvalue weighted by Gasteiger charge is 2.18. The van der Waals surface area contributed by atoms with Crippen molar-refractivity contribution < 1.29 is 0 Å². The van der Waals surface area contributed by atoms with Gasteiger partial charge in [0.2, 0.25) is 0 Å². The number of allylic oxidation sites excluding steroid dienone is 3. The Labute approximate surface area is 93.9 Å². The second-order valence-corrected chi connectivity index (χ2v) is 6.08. The Morgan fingerprint density at radius 2 is 2.00 bits per heavy atom. The highest BCUT2D eigenvalue weighted by molar-refractivity contribution is 8.06. The van der Waals surface area contributed by atoms with Crippen molar-refractivity contribution in [1.29, 1.82) is 0 Å². The third kappa shape index (κ3) is 6.31. The smallest absolute Gasteiger partial charge is 0.0143 e. The van der Waals surface area contributed by atoms with Gasteiger partial charge in [0.1, 0.15) is 0 Å². The molecule has 0 aromatic rings. The van der Waals surface area contributed by atoms with E-state index in [9.17, 15) is 0 Å². The van der Waals surface area contributed by atoms with Crippen molar-refractivity contribution in [3.63, 3.8) is 0 Å². The molecular formula is C13H24S. The van der Waals surface area contributed by atoms with Crippen molar-refractivity contribution in [3.8, 4) is 0 Å². The van der Waals surface area contributed by atoms with Crippen molar-refractivity contribution in [3.05, 3.63) is 22.5 Å². The monoisotopic (exact) mass is 212 g/mol. The molecule has 0 aliphatic carbocycles. The van der Waals surface area contributed by atoms with E-state index in [4.69, 9.17) is 0 Å². The van der Waals surface area contributed by atoms with E-state index in [1.807, 2.05) is 11.8 Å². The number of hydrogen-bond acceptors (Lipinski definition) is 1. The van der Waals surface area contributed by atoms with E-state index in [0.717, 1.165) is 0 Å². The van der Waals surface area contributed by atoms with Gasteiger partial charge in [-0.1, -0.05) is 39.8 Å². The first-order valence-corrected chi connectivity index (χ1v) is 6.21.